The van der Waals surface area contributed by atoms with Gasteiger partial charge in [0.25, 0.3) is 11.8 Å². The summed E-state index contributed by atoms with van der Waals surface area (Å²) in [6.45, 7) is 8.06. The number of rotatable bonds is 8. The van der Waals surface area contributed by atoms with Gasteiger partial charge in [-0.3, -0.25) is 9.59 Å². The first kappa shape index (κ1) is 24.9. The number of hydrogen-bond acceptors (Lipinski definition) is 5. The number of aromatic amines is 1. The molecule has 2 fully saturated rings. The van der Waals surface area contributed by atoms with E-state index >= 15 is 0 Å². The van der Waals surface area contributed by atoms with Crippen molar-refractivity contribution in [1.82, 2.24) is 15.2 Å². The summed E-state index contributed by atoms with van der Waals surface area (Å²) in [4.78, 5) is 31.0. The van der Waals surface area contributed by atoms with E-state index in [4.69, 9.17) is 14.6 Å². The van der Waals surface area contributed by atoms with Gasteiger partial charge in [-0.1, -0.05) is 13.3 Å². The molecule has 5 rings (SSSR count). The van der Waals surface area contributed by atoms with Gasteiger partial charge < -0.3 is 29.8 Å². The maximum atomic E-state index is 13.1. The number of furan rings is 1. The van der Waals surface area contributed by atoms with Crippen LogP contribution in [0.1, 0.15) is 70.3 Å². The molecule has 1 unspecified atom stereocenters. The fourth-order valence-electron chi connectivity index (χ4n) is 5.20. The molecule has 37 heavy (non-hydrogen) atoms. The topological polar surface area (TPSA) is 111 Å². The smallest absolute Gasteiger partial charge is 0.255 e. The van der Waals surface area contributed by atoms with Gasteiger partial charge in [0.05, 0.1) is 16.8 Å². The van der Waals surface area contributed by atoms with E-state index in [0.29, 0.717) is 58.1 Å². The molecule has 1 atom stereocenters. The second-order valence-electron chi connectivity index (χ2n) is 10.3. The van der Waals surface area contributed by atoms with Crippen molar-refractivity contribution in [3.05, 3.63) is 58.6 Å². The maximum Gasteiger partial charge on any atom is 0.255 e. The largest absolute Gasteiger partial charge is 0.460 e. The molecule has 1 aliphatic carbocycles. The lowest BCUT2D eigenvalue weighted by Crippen LogP contribution is -2.32. The van der Waals surface area contributed by atoms with Gasteiger partial charge in [-0.05, 0) is 62.6 Å². The molecule has 3 heterocycles. The fourth-order valence-corrected chi connectivity index (χ4v) is 5.20. The normalized spacial score (nSPS) is 18.2. The molecule has 0 spiro atoms. The van der Waals surface area contributed by atoms with Crippen molar-refractivity contribution in [3.63, 3.8) is 0 Å². The highest BCUT2D eigenvalue weighted by Gasteiger charge is 2.27. The SMILES string of the molecule is Cc1oc2cc(O/C(=C/C=N)c3[nH]cc(C(=O)N4CCC(C)C4)c3C)ccc2c1C(=O)NCC1CCC1. The molecular weight excluding hydrogens is 468 g/mol. The van der Waals surface area contributed by atoms with Gasteiger partial charge in [0.1, 0.15) is 17.1 Å². The average Bonchev–Trinajstić information content (AvgIpc) is 3.53. The molecule has 0 bridgehead atoms. The number of carbonyl (C=O) groups excluding carboxylic acids is 2. The Morgan fingerprint density at radius 2 is 2.08 bits per heavy atom. The number of amides is 2. The molecule has 3 N–H and O–H groups in total. The predicted octanol–water partition coefficient (Wildman–Crippen LogP) is 5.46. The summed E-state index contributed by atoms with van der Waals surface area (Å²) in [5, 5.41) is 11.4. The lowest BCUT2D eigenvalue weighted by Gasteiger charge is -2.25. The summed E-state index contributed by atoms with van der Waals surface area (Å²) in [6, 6.07) is 5.36. The molecule has 3 aromatic rings. The van der Waals surface area contributed by atoms with Gasteiger partial charge in [-0.25, -0.2) is 0 Å². The average molecular weight is 503 g/mol. The summed E-state index contributed by atoms with van der Waals surface area (Å²) in [5.41, 5.74) is 3.14. The van der Waals surface area contributed by atoms with E-state index in [2.05, 4.69) is 17.2 Å². The highest BCUT2D eigenvalue weighted by atomic mass is 16.5. The number of allylic oxidation sites excluding steroid dienone is 1. The second-order valence-corrected chi connectivity index (χ2v) is 10.3. The van der Waals surface area contributed by atoms with Crippen LogP contribution in [0.2, 0.25) is 0 Å². The van der Waals surface area contributed by atoms with Gasteiger partial charge in [0.15, 0.2) is 5.76 Å². The van der Waals surface area contributed by atoms with Crippen LogP contribution < -0.4 is 10.1 Å². The first-order valence-corrected chi connectivity index (χ1v) is 13.0. The van der Waals surface area contributed by atoms with Crippen LogP contribution in [0.25, 0.3) is 16.7 Å². The van der Waals surface area contributed by atoms with Crippen LogP contribution in [0.15, 0.2) is 34.9 Å². The number of fused-ring (bicyclic) bond motifs is 1. The Morgan fingerprint density at radius 3 is 2.76 bits per heavy atom. The van der Waals surface area contributed by atoms with E-state index in [0.717, 1.165) is 36.7 Å². The Balaban J connectivity index is 1.36. The molecule has 1 saturated heterocycles. The molecular formula is C29H34N4O4. The number of aromatic nitrogens is 1. The number of H-pyrrole nitrogens is 1. The van der Waals surface area contributed by atoms with Crippen LogP contribution in [0, 0.1) is 31.1 Å². The Bertz CT molecular complexity index is 1380. The predicted molar refractivity (Wildman–Crippen MR) is 143 cm³/mol. The van der Waals surface area contributed by atoms with Gasteiger partial charge in [-0.15, -0.1) is 0 Å². The number of hydrogen-bond donors (Lipinski definition) is 3. The maximum absolute atomic E-state index is 13.1. The monoisotopic (exact) mass is 502 g/mol. The summed E-state index contributed by atoms with van der Waals surface area (Å²) in [5.74, 6) is 2.46. The zero-order valence-corrected chi connectivity index (χ0v) is 21.6. The van der Waals surface area contributed by atoms with E-state index in [1.807, 2.05) is 17.9 Å². The highest BCUT2D eigenvalue weighted by molar-refractivity contribution is 6.07. The van der Waals surface area contributed by atoms with Gasteiger partial charge in [-0.2, -0.15) is 0 Å². The fraction of sp³-hybridized carbons (Fsp3) is 0.414. The molecule has 1 aromatic carbocycles. The third-order valence-corrected chi connectivity index (χ3v) is 7.63. The first-order valence-electron chi connectivity index (χ1n) is 13.0. The lowest BCUT2D eigenvalue weighted by atomic mass is 9.85. The van der Waals surface area contributed by atoms with E-state index in [1.54, 1.807) is 31.3 Å². The number of likely N-dealkylation sites (tertiary alicyclic amines) is 1. The van der Waals surface area contributed by atoms with Crippen molar-refractivity contribution >= 4 is 34.8 Å². The Hall–Kier alpha value is -3.81. The van der Waals surface area contributed by atoms with Crippen LogP contribution in [-0.4, -0.2) is 47.5 Å². The zero-order valence-electron chi connectivity index (χ0n) is 21.6. The molecule has 8 nitrogen and oxygen atoms in total. The minimum atomic E-state index is -0.118. The quantitative estimate of drug-likeness (QED) is 0.281. The minimum absolute atomic E-state index is 0.00847. The molecule has 1 saturated carbocycles. The number of carbonyl (C=O) groups is 2. The molecule has 2 amide bonds. The number of nitrogens with one attached hydrogen (secondary N) is 3. The van der Waals surface area contributed by atoms with Crippen LogP contribution >= 0.6 is 0 Å². The van der Waals surface area contributed by atoms with E-state index < -0.39 is 0 Å². The van der Waals surface area contributed by atoms with Crippen LogP contribution in [-0.2, 0) is 0 Å². The molecule has 2 aliphatic rings. The van der Waals surface area contributed by atoms with E-state index in [-0.39, 0.29) is 11.8 Å². The van der Waals surface area contributed by atoms with Crippen molar-refractivity contribution in [3.8, 4) is 5.75 Å². The summed E-state index contributed by atoms with van der Waals surface area (Å²) in [6.07, 6.45) is 9.01. The van der Waals surface area contributed by atoms with E-state index in [1.165, 1.54) is 19.3 Å². The molecule has 2 aromatic heterocycles. The van der Waals surface area contributed by atoms with Crippen molar-refractivity contribution in [1.29, 1.82) is 5.41 Å². The van der Waals surface area contributed by atoms with Crippen molar-refractivity contribution in [2.75, 3.05) is 19.6 Å². The Kier molecular flexibility index (Phi) is 6.91. The summed E-state index contributed by atoms with van der Waals surface area (Å²) >= 11 is 0. The number of benzene rings is 1. The Labute approximate surface area is 216 Å². The van der Waals surface area contributed by atoms with Crippen molar-refractivity contribution in [2.24, 2.45) is 11.8 Å². The lowest BCUT2D eigenvalue weighted by molar-refractivity contribution is 0.0787. The van der Waals surface area contributed by atoms with Crippen LogP contribution in [0.5, 0.6) is 5.75 Å². The van der Waals surface area contributed by atoms with Crippen LogP contribution in [0.3, 0.4) is 0 Å². The number of nitrogens with zero attached hydrogens (tertiary/aromatic N) is 1. The first-order chi connectivity index (χ1) is 17.9. The minimum Gasteiger partial charge on any atom is -0.460 e. The standard InChI is InChI=1S/C29H34N4O4/c1-17-10-12-33(16-17)29(35)23-15-31-27(18(23)2)24(9-11-30)37-21-7-8-22-25(13-21)36-19(3)26(22)28(34)32-14-20-5-4-6-20/h7-9,11,13,15,17,20,30-31H,4-6,10,12,14,16H2,1-3H3,(H,32,34)/b24-9+,30-11?. The van der Waals surface area contributed by atoms with Gasteiger partial charge in [0.2, 0.25) is 0 Å². The van der Waals surface area contributed by atoms with Gasteiger partial charge in [0, 0.05) is 49.6 Å². The second kappa shape index (κ2) is 10.3. The summed E-state index contributed by atoms with van der Waals surface area (Å²) < 4.78 is 12.1. The summed E-state index contributed by atoms with van der Waals surface area (Å²) in [7, 11) is 0. The highest BCUT2D eigenvalue weighted by Crippen LogP contribution is 2.32. The number of aryl methyl sites for hydroxylation is 1. The van der Waals surface area contributed by atoms with Crippen LogP contribution in [0.4, 0.5) is 0 Å². The zero-order chi connectivity index (χ0) is 26.1. The van der Waals surface area contributed by atoms with Gasteiger partial charge >= 0.3 is 0 Å². The van der Waals surface area contributed by atoms with Crippen molar-refractivity contribution < 1.29 is 18.7 Å². The van der Waals surface area contributed by atoms with E-state index in [9.17, 15) is 9.59 Å². The molecule has 194 valence electrons. The molecule has 1 aliphatic heterocycles. The third-order valence-electron chi connectivity index (χ3n) is 7.63. The number of ether oxygens (including phenoxy) is 1. The molecule has 0 radical (unpaired) electrons. The third kappa shape index (κ3) is 4.92. The Morgan fingerprint density at radius 1 is 1.27 bits per heavy atom. The molecule has 8 heteroatoms. The van der Waals surface area contributed by atoms with Crippen molar-refractivity contribution in [2.45, 2.75) is 46.5 Å².